The Labute approximate surface area is 181 Å². The molecule has 4 rings (SSSR count). The highest BCUT2D eigenvalue weighted by molar-refractivity contribution is 5.82. The van der Waals surface area contributed by atoms with Crippen molar-refractivity contribution in [1.82, 2.24) is 10.2 Å². The van der Waals surface area contributed by atoms with Crippen LogP contribution < -0.4 is 5.32 Å². The Morgan fingerprint density at radius 1 is 0.935 bits per heavy atom. The van der Waals surface area contributed by atoms with Crippen LogP contribution >= 0.6 is 0 Å². The lowest BCUT2D eigenvalue weighted by Crippen LogP contribution is -2.37. The molecule has 0 spiro atoms. The SMILES string of the molecule is O=C(CC1CCC(=O)N1Cc1ccc(-c2ccccc2)cc1)NCc1ccccc1F. The van der Waals surface area contributed by atoms with Crippen molar-refractivity contribution in [2.45, 2.75) is 38.4 Å². The summed E-state index contributed by atoms with van der Waals surface area (Å²) in [6, 6.07) is 24.6. The molecule has 1 saturated heterocycles. The molecule has 1 N–H and O–H groups in total. The van der Waals surface area contributed by atoms with Crippen LogP contribution in [0.5, 0.6) is 0 Å². The van der Waals surface area contributed by atoms with Gasteiger partial charge in [-0.2, -0.15) is 0 Å². The number of halogens is 1. The van der Waals surface area contributed by atoms with Gasteiger partial charge in [-0.3, -0.25) is 9.59 Å². The van der Waals surface area contributed by atoms with Crippen molar-refractivity contribution < 1.29 is 14.0 Å². The zero-order valence-electron chi connectivity index (χ0n) is 17.3. The second-order valence-corrected chi connectivity index (χ2v) is 7.85. The summed E-state index contributed by atoms with van der Waals surface area (Å²) in [6.45, 7) is 0.631. The van der Waals surface area contributed by atoms with Crippen molar-refractivity contribution in [2.75, 3.05) is 0 Å². The number of carbonyl (C=O) groups excluding carboxylic acids is 2. The van der Waals surface area contributed by atoms with Gasteiger partial charge in [-0.1, -0.05) is 72.8 Å². The van der Waals surface area contributed by atoms with Crippen LogP contribution in [0.2, 0.25) is 0 Å². The van der Waals surface area contributed by atoms with Crippen molar-refractivity contribution in [3.63, 3.8) is 0 Å². The van der Waals surface area contributed by atoms with Crippen molar-refractivity contribution in [1.29, 1.82) is 0 Å². The van der Waals surface area contributed by atoms with E-state index in [4.69, 9.17) is 0 Å². The van der Waals surface area contributed by atoms with Gasteiger partial charge < -0.3 is 10.2 Å². The first-order valence-corrected chi connectivity index (χ1v) is 10.5. The molecule has 0 aromatic heterocycles. The molecule has 1 aliphatic rings. The minimum atomic E-state index is -0.334. The smallest absolute Gasteiger partial charge is 0.223 e. The molecule has 0 bridgehead atoms. The maximum Gasteiger partial charge on any atom is 0.223 e. The van der Waals surface area contributed by atoms with Gasteiger partial charge in [0.15, 0.2) is 0 Å². The van der Waals surface area contributed by atoms with E-state index in [0.29, 0.717) is 24.9 Å². The van der Waals surface area contributed by atoms with Gasteiger partial charge in [-0.25, -0.2) is 4.39 Å². The number of likely N-dealkylation sites (tertiary alicyclic amines) is 1. The molecule has 3 aromatic carbocycles. The Balaban J connectivity index is 1.35. The molecule has 0 aliphatic carbocycles. The summed E-state index contributed by atoms with van der Waals surface area (Å²) in [5, 5.41) is 2.77. The molecular weight excluding hydrogens is 391 g/mol. The molecule has 1 fully saturated rings. The van der Waals surface area contributed by atoms with Crippen LogP contribution in [0.25, 0.3) is 11.1 Å². The average molecular weight is 416 g/mol. The van der Waals surface area contributed by atoms with Crippen LogP contribution in [0, 0.1) is 5.82 Å². The van der Waals surface area contributed by atoms with E-state index >= 15 is 0 Å². The van der Waals surface area contributed by atoms with Crippen LogP contribution in [0.1, 0.15) is 30.4 Å². The summed E-state index contributed by atoms with van der Waals surface area (Å²) >= 11 is 0. The van der Waals surface area contributed by atoms with Gasteiger partial charge in [-0.05, 0) is 29.2 Å². The highest BCUT2D eigenvalue weighted by Crippen LogP contribution is 2.25. The van der Waals surface area contributed by atoms with E-state index < -0.39 is 0 Å². The normalized spacial score (nSPS) is 15.8. The lowest BCUT2D eigenvalue weighted by Gasteiger charge is -2.25. The standard InChI is InChI=1S/C26H25FN2O2/c27-24-9-5-4-8-22(24)17-28-25(30)16-23-14-15-26(31)29(23)18-19-10-12-21(13-11-19)20-6-2-1-3-7-20/h1-13,23H,14-18H2,(H,28,30). The number of amides is 2. The van der Waals surface area contributed by atoms with Gasteiger partial charge in [0.1, 0.15) is 5.82 Å². The van der Waals surface area contributed by atoms with Gasteiger partial charge in [-0.15, -0.1) is 0 Å². The molecule has 3 aromatic rings. The quantitative estimate of drug-likeness (QED) is 0.607. The maximum atomic E-state index is 13.7. The molecule has 2 amide bonds. The van der Waals surface area contributed by atoms with Crippen LogP contribution in [0.4, 0.5) is 4.39 Å². The lowest BCUT2D eigenvalue weighted by molar-refractivity contribution is -0.130. The maximum absolute atomic E-state index is 13.7. The van der Waals surface area contributed by atoms with Gasteiger partial charge in [0.05, 0.1) is 0 Å². The Morgan fingerprint density at radius 3 is 2.35 bits per heavy atom. The summed E-state index contributed by atoms with van der Waals surface area (Å²) in [4.78, 5) is 26.6. The molecule has 1 atom stereocenters. The number of hydrogen-bond donors (Lipinski definition) is 1. The second kappa shape index (κ2) is 9.56. The third-order valence-electron chi connectivity index (χ3n) is 5.72. The summed E-state index contributed by atoms with van der Waals surface area (Å²) in [5.41, 5.74) is 3.76. The summed E-state index contributed by atoms with van der Waals surface area (Å²) in [7, 11) is 0. The molecule has 4 nitrogen and oxygen atoms in total. The van der Waals surface area contributed by atoms with Crippen molar-refractivity contribution >= 4 is 11.8 Å². The Bertz CT molecular complexity index is 1050. The third-order valence-corrected chi connectivity index (χ3v) is 5.72. The number of hydrogen-bond acceptors (Lipinski definition) is 2. The Hall–Kier alpha value is -3.47. The number of carbonyl (C=O) groups is 2. The van der Waals surface area contributed by atoms with Gasteiger partial charge in [0.25, 0.3) is 0 Å². The lowest BCUT2D eigenvalue weighted by atomic mass is 10.0. The minimum Gasteiger partial charge on any atom is -0.352 e. The van der Waals surface area contributed by atoms with Crippen molar-refractivity contribution in [2.24, 2.45) is 0 Å². The van der Waals surface area contributed by atoms with Crippen LogP contribution in [-0.2, 0) is 22.7 Å². The van der Waals surface area contributed by atoms with Crippen molar-refractivity contribution in [3.05, 3.63) is 95.8 Å². The molecule has 158 valence electrons. The number of rotatable bonds is 7. The predicted octanol–water partition coefficient (Wildman–Crippen LogP) is 4.69. The molecule has 1 unspecified atom stereocenters. The highest BCUT2D eigenvalue weighted by Gasteiger charge is 2.32. The zero-order valence-corrected chi connectivity index (χ0v) is 17.3. The summed E-state index contributed by atoms with van der Waals surface area (Å²) in [6.07, 6.45) is 1.34. The predicted molar refractivity (Wildman–Crippen MR) is 118 cm³/mol. The van der Waals surface area contributed by atoms with Crippen LogP contribution in [0.15, 0.2) is 78.9 Å². The van der Waals surface area contributed by atoms with Gasteiger partial charge in [0.2, 0.25) is 11.8 Å². The fourth-order valence-corrected chi connectivity index (χ4v) is 3.97. The highest BCUT2D eigenvalue weighted by atomic mass is 19.1. The van der Waals surface area contributed by atoms with Gasteiger partial charge in [0, 0.05) is 37.5 Å². The van der Waals surface area contributed by atoms with E-state index in [2.05, 4.69) is 29.6 Å². The summed E-state index contributed by atoms with van der Waals surface area (Å²) in [5.74, 6) is -0.439. The molecule has 0 radical (unpaired) electrons. The zero-order chi connectivity index (χ0) is 21.6. The number of nitrogens with one attached hydrogen (secondary N) is 1. The van der Waals surface area contributed by atoms with E-state index in [0.717, 1.165) is 16.7 Å². The molecule has 0 saturated carbocycles. The first-order chi connectivity index (χ1) is 15.1. The van der Waals surface area contributed by atoms with E-state index in [9.17, 15) is 14.0 Å². The fourth-order valence-electron chi connectivity index (χ4n) is 3.97. The molecule has 1 heterocycles. The number of nitrogens with zero attached hydrogens (tertiary/aromatic N) is 1. The Kier molecular flexibility index (Phi) is 6.41. The molecule has 31 heavy (non-hydrogen) atoms. The molecule has 1 aliphatic heterocycles. The first-order valence-electron chi connectivity index (χ1n) is 10.5. The fraction of sp³-hybridized carbons (Fsp3) is 0.231. The van der Waals surface area contributed by atoms with Crippen LogP contribution in [-0.4, -0.2) is 22.8 Å². The van der Waals surface area contributed by atoms with Crippen LogP contribution in [0.3, 0.4) is 0 Å². The average Bonchev–Trinajstić information content (AvgIpc) is 3.13. The minimum absolute atomic E-state index is 0.0686. The van der Waals surface area contributed by atoms with E-state index in [1.54, 1.807) is 23.1 Å². The van der Waals surface area contributed by atoms with Crippen molar-refractivity contribution in [3.8, 4) is 11.1 Å². The third kappa shape index (κ3) is 5.18. The number of benzene rings is 3. The molecular formula is C26H25FN2O2. The first kappa shape index (κ1) is 20.8. The second-order valence-electron chi connectivity index (χ2n) is 7.85. The monoisotopic (exact) mass is 416 g/mol. The van der Waals surface area contributed by atoms with E-state index in [1.165, 1.54) is 6.07 Å². The topological polar surface area (TPSA) is 49.4 Å². The largest absolute Gasteiger partial charge is 0.352 e. The van der Waals surface area contributed by atoms with Gasteiger partial charge >= 0.3 is 0 Å². The molecule has 5 heteroatoms. The van der Waals surface area contributed by atoms with E-state index in [1.807, 2.05) is 30.3 Å². The Morgan fingerprint density at radius 2 is 1.61 bits per heavy atom. The summed E-state index contributed by atoms with van der Waals surface area (Å²) < 4.78 is 13.7. The van der Waals surface area contributed by atoms with E-state index in [-0.39, 0.29) is 36.6 Å².